The van der Waals surface area contributed by atoms with Crippen molar-refractivity contribution in [1.82, 2.24) is 25.1 Å². The minimum atomic E-state index is 0.348. The lowest BCUT2D eigenvalue weighted by Gasteiger charge is -2.20. The van der Waals surface area contributed by atoms with E-state index in [1.807, 2.05) is 4.68 Å². The van der Waals surface area contributed by atoms with Crippen LogP contribution in [-0.2, 0) is 6.54 Å². The number of rotatable bonds is 3. The van der Waals surface area contributed by atoms with E-state index in [4.69, 9.17) is 12.2 Å². The highest BCUT2D eigenvalue weighted by molar-refractivity contribution is 7.71. The molecule has 1 aromatic carbocycles. The van der Waals surface area contributed by atoms with Gasteiger partial charge in [0.1, 0.15) is 0 Å². The summed E-state index contributed by atoms with van der Waals surface area (Å²) in [6.07, 6.45) is 1.07. The molecule has 2 heterocycles. The molecule has 100 valence electrons. The number of likely N-dealkylation sites (tertiary alicyclic amines) is 1. The van der Waals surface area contributed by atoms with Crippen molar-refractivity contribution in [2.24, 2.45) is 0 Å². The van der Waals surface area contributed by atoms with Gasteiger partial charge >= 0.3 is 0 Å². The van der Waals surface area contributed by atoms with Gasteiger partial charge in [0.2, 0.25) is 4.77 Å². The Labute approximate surface area is 117 Å². The van der Waals surface area contributed by atoms with Crippen LogP contribution in [0.2, 0.25) is 0 Å². The van der Waals surface area contributed by atoms with Crippen LogP contribution in [0.3, 0.4) is 0 Å². The zero-order chi connectivity index (χ0) is 13.2. The monoisotopic (exact) mass is 275 g/mol. The first-order valence-electron chi connectivity index (χ1n) is 6.51. The molecule has 2 unspecified atom stereocenters. The number of tetrazole rings is 1. The summed E-state index contributed by atoms with van der Waals surface area (Å²) < 4.78 is 2.44. The molecule has 3 rings (SSSR count). The van der Waals surface area contributed by atoms with Gasteiger partial charge in [-0.3, -0.25) is 4.90 Å². The Morgan fingerprint density at radius 3 is 2.84 bits per heavy atom. The third kappa shape index (κ3) is 2.59. The molecule has 0 saturated carbocycles. The molecule has 0 radical (unpaired) electrons. The number of H-pyrrole nitrogens is 1. The van der Waals surface area contributed by atoms with Crippen LogP contribution >= 0.6 is 12.2 Å². The molecule has 1 aliphatic heterocycles. The summed E-state index contributed by atoms with van der Waals surface area (Å²) in [4.78, 5) is 2.47. The molecular formula is C13H17N5S. The van der Waals surface area contributed by atoms with E-state index in [0.717, 1.165) is 19.5 Å². The summed E-state index contributed by atoms with van der Waals surface area (Å²) >= 11 is 5.17. The van der Waals surface area contributed by atoms with Crippen LogP contribution in [0.25, 0.3) is 0 Å². The van der Waals surface area contributed by atoms with Crippen molar-refractivity contribution in [2.45, 2.75) is 32.0 Å². The lowest BCUT2D eigenvalue weighted by molar-refractivity contribution is 0.254. The second kappa shape index (κ2) is 5.22. The number of aromatic nitrogens is 4. The second-order valence-corrected chi connectivity index (χ2v) is 5.47. The summed E-state index contributed by atoms with van der Waals surface area (Å²) in [6, 6.07) is 11.4. The smallest absolute Gasteiger partial charge is 0.238 e. The molecule has 19 heavy (non-hydrogen) atoms. The van der Waals surface area contributed by atoms with Crippen LogP contribution < -0.4 is 0 Å². The molecule has 1 aliphatic rings. The van der Waals surface area contributed by atoms with Crippen molar-refractivity contribution >= 4 is 12.2 Å². The van der Waals surface area contributed by atoms with Crippen molar-refractivity contribution in [1.29, 1.82) is 0 Å². The number of nitrogens with one attached hydrogen (secondary N) is 1. The average molecular weight is 275 g/mol. The number of nitrogens with zero attached hydrogens (tertiary/aromatic N) is 4. The van der Waals surface area contributed by atoms with Crippen molar-refractivity contribution in [3.05, 3.63) is 40.7 Å². The van der Waals surface area contributed by atoms with Gasteiger partial charge in [0.15, 0.2) is 0 Å². The van der Waals surface area contributed by atoms with Gasteiger partial charge in [-0.1, -0.05) is 40.6 Å². The third-order valence-electron chi connectivity index (χ3n) is 3.77. The maximum atomic E-state index is 5.17. The maximum absolute atomic E-state index is 5.17. The van der Waals surface area contributed by atoms with E-state index in [-0.39, 0.29) is 0 Å². The first-order valence-corrected chi connectivity index (χ1v) is 6.92. The lowest BCUT2D eigenvalue weighted by atomic mass is 10.2. The van der Waals surface area contributed by atoms with Gasteiger partial charge in [-0.2, -0.15) is 5.21 Å². The van der Waals surface area contributed by atoms with Crippen molar-refractivity contribution < 1.29 is 0 Å². The van der Waals surface area contributed by atoms with Crippen LogP contribution in [0, 0.1) is 4.77 Å². The minimum Gasteiger partial charge on any atom is -0.294 e. The Hall–Kier alpha value is -1.53. The first-order chi connectivity index (χ1) is 9.24. The molecule has 2 atom stereocenters. The number of aromatic amines is 1. The Balaban J connectivity index is 1.72. The molecule has 2 aromatic rings. The Bertz CT molecular complexity index is 590. The second-order valence-electron chi connectivity index (χ2n) is 5.11. The molecule has 0 aliphatic carbocycles. The van der Waals surface area contributed by atoms with Crippen LogP contribution in [0.5, 0.6) is 0 Å². The molecule has 1 saturated heterocycles. The van der Waals surface area contributed by atoms with Gasteiger partial charge in [0.05, 0.1) is 6.04 Å². The topological polar surface area (TPSA) is 49.7 Å². The molecule has 6 heteroatoms. The largest absolute Gasteiger partial charge is 0.294 e. The van der Waals surface area contributed by atoms with Gasteiger partial charge in [-0.25, -0.2) is 4.68 Å². The summed E-state index contributed by atoms with van der Waals surface area (Å²) in [5, 5.41) is 10.5. The molecule has 0 amide bonds. The zero-order valence-electron chi connectivity index (χ0n) is 10.9. The summed E-state index contributed by atoms with van der Waals surface area (Å²) in [5.74, 6) is 0. The number of hydrogen-bond donors (Lipinski definition) is 1. The fourth-order valence-electron chi connectivity index (χ4n) is 2.74. The number of benzene rings is 1. The standard InChI is InChI=1S/C13H17N5S/c1-10-7-12(18-13(19)14-15-16-18)9-17(10)8-11-5-3-2-4-6-11/h2-6,10,12H,7-9H2,1H3,(H,14,16,19). The normalized spacial score (nSPS) is 23.8. The molecule has 1 aromatic heterocycles. The van der Waals surface area contributed by atoms with Gasteiger partial charge in [-0.05, 0) is 31.1 Å². The van der Waals surface area contributed by atoms with Gasteiger partial charge < -0.3 is 0 Å². The van der Waals surface area contributed by atoms with Crippen molar-refractivity contribution in [3.63, 3.8) is 0 Å². The van der Waals surface area contributed by atoms with Crippen LogP contribution in [-0.4, -0.2) is 37.7 Å². The summed E-state index contributed by atoms with van der Waals surface area (Å²) in [5.41, 5.74) is 1.35. The van der Waals surface area contributed by atoms with Gasteiger partial charge in [0, 0.05) is 19.1 Å². The van der Waals surface area contributed by atoms with Crippen molar-refractivity contribution in [3.8, 4) is 0 Å². The van der Waals surface area contributed by atoms with E-state index in [0.29, 0.717) is 16.9 Å². The first kappa shape index (κ1) is 12.5. The van der Waals surface area contributed by atoms with E-state index in [1.165, 1.54) is 5.56 Å². The molecule has 1 fully saturated rings. The fourth-order valence-corrected chi connectivity index (χ4v) is 2.97. The fraction of sp³-hybridized carbons (Fsp3) is 0.462. The van der Waals surface area contributed by atoms with E-state index in [2.05, 4.69) is 57.7 Å². The van der Waals surface area contributed by atoms with Gasteiger partial charge in [-0.15, -0.1) is 0 Å². The predicted octanol–water partition coefficient (Wildman–Crippen LogP) is 2.17. The lowest BCUT2D eigenvalue weighted by Crippen LogP contribution is -2.26. The van der Waals surface area contributed by atoms with Crippen LogP contribution in [0.15, 0.2) is 30.3 Å². The molecule has 5 nitrogen and oxygen atoms in total. The molecule has 0 bridgehead atoms. The Kier molecular flexibility index (Phi) is 3.44. The van der Waals surface area contributed by atoms with E-state index in [1.54, 1.807) is 0 Å². The van der Waals surface area contributed by atoms with Gasteiger partial charge in [0.25, 0.3) is 0 Å². The molecular weight excluding hydrogens is 258 g/mol. The quantitative estimate of drug-likeness (QED) is 0.872. The zero-order valence-corrected chi connectivity index (χ0v) is 11.7. The highest BCUT2D eigenvalue weighted by Gasteiger charge is 2.30. The third-order valence-corrected chi connectivity index (χ3v) is 4.05. The van der Waals surface area contributed by atoms with Crippen LogP contribution in [0.1, 0.15) is 24.9 Å². The minimum absolute atomic E-state index is 0.348. The molecule has 0 spiro atoms. The Morgan fingerprint density at radius 1 is 1.37 bits per heavy atom. The summed E-state index contributed by atoms with van der Waals surface area (Å²) in [6.45, 7) is 4.22. The van der Waals surface area contributed by atoms with Crippen LogP contribution in [0.4, 0.5) is 0 Å². The highest BCUT2D eigenvalue weighted by Crippen LogP contribution is 2.27. The SMILES string of the molecule is CC1CC(n2[nH]nnc2=S)CN1Cc1ccccc1. The van der Waals surface area contributed by atoms with E-state index >= 15 is 0 Å². The molecule has 1 N–H and O–H groups in total. The Morgan fingerprint density at radius 2 is 2.16 bits per heavy atom. The summed E-state index contributed by atoms with van der Waals surface area (Å²) in [7, 11) is 0. The maximum Gasteiger partial charge on any atom is 0.238 e. The number of hydrogen-bond acceptors (Lipinski definition) is 4. The predicted molar refractivity (Wildman–Crippen MR) is 75.2 cm³/mol. The average Bonchev–Trinajstić information content (AvgIpc) is 2.98. The van der Waals surface area contributed by atoms with Crippen molar-refractivity contribution in [2.75, 3.05) is 6.54 Å². The van der Waals surface area contributed by atoms with E-state index < -0.39 is 0 Å². The highest BCUT2D eigenvalue weighted by atomic mass is 32.1. The van der Waals surface area contributed by atoms with E-state index in [9.17, 15) is 0 Å².